The summed E-state index contributed by atoms with van der Waals surface area (Å²) >= 11 is 0. The summed E-state index contributed by atoms with van der Waals surface area (Å²) in [4.78, 5) is 29.3. The van der Waals surface area contributed by atoms with Crippen molar-refractivity contribution in [2.75, 3.05) is 11.5 Å². The van der Waals surface area contributed by atoms with Crippen molar-refractivity contribution < 1.29 is 17.6 Å². The van der Waals surface area contributed by atoms with Crippen molar-refractivity contribution in [2.45, 2.75) is 12.5 Å². The standard InChI is InChI=1S/C19H16FN3O4S/c20-13-2-4-15(5-3-13)23-11-21-17-9-12(1-6-16(17)19(23)25)18(24)22-14-7-8-28(26,27)10-14/h1-6,9,11,14H,7-8,10H2,(H,22,24). The molecular formula is C19H16FN3O4S. The van der Waals surface area contributed by atoms with Crippen LogP contribution < -0.4 is 10.9 Å². The molecule has 1 N–H and O–H groups in total. The highest BCUT2D eigenvalue weighted by molar-refractivity contribution is 7.91. The van der Waals surface area contributed by atoms with Crippen LogP contribution in [0.25, 0.3) is 16.6 Å². The van der Waals surface area contributed by atoms with Crippen LogP contribution in [-0.4, -0.2) is 41.4 Å². The smallest absolute Gasteiger partial charge is 0.265 e. The molecular weight excluding hydrogens is 385 g/mol. The summed E-state index contributed by atoms with van der Waals surface area (Å²) in [6.07, 6.45) is 1.71. The zero-order valence-electron chi connectivity index (χ0n) is 14.6. The Kier molecular flexibility index (Phi) is 4.46. The molecule has 1 atom stereocenters. The lowest BCUT2D eigenvalue weighted by atomic mass is 10.1. The normalized spacial score (nSPS) is 18.2. The molecule has 4 rings (SSSR count). The predicted molar refractivity (Wildman–Crippen MR) is 102 cm³/mol. The topological polar surface area (TPSA) is 98.1 Å². The molecule has 1 amide bonds. The van der Waals surface area contributed by atoms with Crippen LogP contribution in [0.5, 0.6) is 0 Å². The van der Waals surface area contributed by atoms with E-state index in [1.807, 2.05) is 0 Å². The minimum absolute atomic E-state index is 0.0626. The van der Waals surface area contributed by atoms with E-state index in [-0.39, 0.29) is 17.1 Å². The quantitative estimate of drug-likeness (QED) is 0.716. The second-order valence-corrected chi connectivity index (χ2v) is 8.93. The number of carbonyl (C=O) groups excluding carboxylic acids is 1. The van der Waals surface area contributed by atoms with Gasteiger partial charge in [0.05, 0.1) is 28.1 Å². The summed E-state index contributed by atoms with van der Waals surface area (Å²) in [5.74, 6) is -0.808. The van der Waals surface area contributed by atoms with Gasteiger partial charge in [-0.1, -0.05) is 0 Å². The summed E-state index contributed by atoms with van der Waals surface area (Å²) < 4.78 is 37.4. The molecule has 1 aliphatic heterocycles. The first kappa shape index (κ1) is 18.3. The number of rotatable bonds is 3. The molecule has 0 radical (unpaired) electrons. The van der Waals surface area contributed by atoms with Crippen LogP contribution in [0, 0.1) is 5.82 Å². The second-order valence-electron chi connectivity index (χ2n) is 6.70. The van der Waals surface area contributed by atoms with E-state index in [1.54, 1.807) is 0 Å². The molecule has 1 aliphatic rings. The number of sulfone groups is 1. The number of nitrogens with one attached hydrogen (secondary N) is 1. The van der Waals surface area contributed by atoms with Crippen molar-refractivity contribution >= 4 is 26.6 Å². The molecule has 2 heterocycles. The first-order chi connectivity index (χ1) is 13.3. The summed E-state index contributed by atoms with van der Waals surface area (Å²) in [6.45, 7) is 0. The average Bonchev–Trinajstić information content (AvgIpc) is 3.01. The molecule has 0 saturated carbocycles. The number of benzene rings is 2. The van der Waals surface area contributed by atoms with Gasteiger partial charge in [-0.3, -0.25) is 14.2 Å². The van der Waals surface area contributed by atoms with Crippen LogP contribution >= 0.6 is 0 Å². The highest BCUT2D eigenvalue weighted by atomic mass is 32.2. The maximum absolute atomic E-state index is 13.1. The summed E-state index contributed by atoms with van der Waals surface area (Å²) in [5.41, 5.74) is 0.772. The lowest BCUT2D eigenvalue weighted by Crippen LogP contribution is -2.35. The van der Waals surface area contributed by atoms with Gasteiger partial charge in [-0.2, -0.15) is 0 Å². The molecule has 0 aliphatic carbocycles. The van der Waals surface area contributed by atoms with Crippen LogP contribution in [0.3, 0.4) is 0 Å². The van der Waals surface area contributed by atoms with Gasteiger partial charge in [-0.15, -0.1) is 0 Å². The molecule has 0 bridgehead atoms. The fourth-order valence-electron chi connectivity index (χ4n) is 3.23. The minimum Gasteiger partial charge on any atom is -0.348 e. The first-order valence-corrected chi connectivity index (χ1v) is 10.4. The highest BCUT2D eigenvalue weighted by Crippen LogP contribution is 2.15. The van der Waals surface area contributed by atoms with E-state index in [1.165, 1.54) is 53.4 Å². The highest BCUT2D eigenvalue weighted by Gasteiger charge is 2.29. The maximum atomic E-state index is 13.1. The van der Waals surface area contributed by atoms with E-state index in [2.05, 4.69) is 10.3 Å². The summed E-state index contributed by atoms with van der Waals surface area (Å²) in [5, 5.41) is 3.02. The molecule has 144 valence electrons. The number of hydrogen-bond donors (Lipinski definition) is 1. The number of carbonyl (C=O) groups is 1. The lowest BCUT2D eigenvalue weighted by Gasteiger charge is -2.11. The van der Waals surface area contributed by atoms with Gasteiger partial charge in [0.15, 0.2) is 9.84 Å². The van der Waals surface area contributed by atoms with Crippen LogP contribution in [0.15, 0.2) is 53.6 Å². The third-order valence-electron chi connectivity index (χ3n) is 4.69. The fourth-order valence-corrected chi connectivity index (χ4v) is 4.90. The fraction of sp³-hybridized carbons (Fsp3) is 0.211. The Bertz CT molecular complexity index is 1240. The summed E-state index contributed by atoms with van der Waals surface area (Å²) in [6, 6.07) is 9.54. The monoisotopic (exact) mass is 401 g/mol. The zero-order valence-corrected chi connectivity index (χ0v) is 15.4. The molecule has 3 aromatic rings. The number of amides is 1. The lowest BCUT2D eigenvalue weighted by molar-refractivity contribution is 0.0941. The van der Waals surface area contributed by atoms with E-state index in [0.29, 0.717) is 28.6 Å². The Balaban J connectivity index is 1.63. The van der Waals surface area contributed by atoms with Crippen molar-refractivity contribution in [3.63, 3.8) is 0 Å². The van der Waals surface area contributed by atoms with Crippen molar-refractivity contribution in [2.24, 2.45) is 0 Å². The first-order valence-electron chi connectivity index (χ1n) is 8.61. The Morgan fingerprint density at radius 3 is 2.61 bits per heavy atom. The number of fused-ring (bicyclic) bond motifs is 1. The number of aromatic nitrogens is 2. The van der Waals surface area contributed by atoms with Crippen LogP contribution in [-0.2, 0) is 9.84 Å². The van der Waals surface area contributed by atoms with Crippen molar-refractivity contribution in [1.82, 2.24) is 14.9 Å². The number of hydrogen-bond acceptors (Lipinski definition) is 5. The van der Waals surface area contributed by atoms with Gasteiger partial charge in [-0.25, -0.2) is 17.8 Å². The van der Waals surface area contributed by atoms with Gasteiger partial charge in [0, 0.05) is 11.6 Å². The molecule has 9 heteroatoms. The van der Waals surface area contributed by atoms with Crippen molar-refractivity contribution in [3.05, 3.63) is 70.5 Å². The second kappa shape index (κ2) is 6.83. The van der Waals surface area contributed by atoms with Gasteiger partial charge < -0.3 is 5.32 Å². The summed E-state index contributed by atoms with van der Waals surface area (Å²) in [7, 11) is -3.09. The Morgan fingerprint density at radius 1 is 1.18 bits per heavy atom. The van der Waals surface area contributed by atoms with Crippen LogP contribution in [0.4, 0.5) is 4.39 Å². The number of halogens is 1. The Hall–Kier alpha value is -3.07. The Morgan fingerprint density at radius 2 is 1.93 bits per heavy atom. The van der Waals surface area contributed by atoms with E-state index < -0.39 is 27.6 Å². The molecule has 1 unspecified atom stereocenters. The molecule has 1 saturated heterocycles. The van der Waals surface area contributed by atoms with E-state index in [4.69, 9.17) is 0 Å². The average molecular weight is 401 g/mol. The van der Waals surface area contributed by atoms with E-state index >= 15 is 0 Å². The maximum Gasteiger partial charge on any atom is 0.265 e. The predicted octanol–water partition coefficient (Wildman–Crippen LogP) is 1.44. The van der Waals surface area contributed by atoms with Crippen molar-refractivity contribution in [1.29, 1.82) is 0 Å². The van der Waals surface area contributed by atoms with Crippen LogP contribution in [0.1, 0.15) is 16.8 Å². The SMILES string of the molecule is O=C(NC1CCS(=O)(=O)C1)c1ccc2c(=O)n(-c3ccc(F)cc3)cnc2c1. The largest absolute Gasteiger partial charge is 0.348 e. The van der Waals surface area contributed by atoms with Gasteiger partial charge in [0.25, 0.3) is 11.5 Å². The Labute approximate surface area is 159 Å². The van der Waals surface area contributed by atoms with Crippen molar-refractivity contribution in [3.8, 4) is 5.69 Å². The third-order valence-corrected chi connectivity index (χ3v) is 6.46. The molecule has 1 fully saturated rings. The van der Waals surface area contributed by atoms with Gasteiger partial charge >= 0.3 is 0 Å². The third kappa shape index (κ3) is 3.53. The number of nitrogens with zero attached hydrogens (tertiary/aromatic N) is 2. The molecule has 7 nitrogen and oxygen atoms in total. The van der Waals surface area contributed by atoms with Crippen LogP contribution in [0.2, 0.25) is 0 Å². The van der Waals surface area contributed by atoms with E-state index in [0.717, 1.165) is 0 Å². The molecule has 1 aromatic heterocycles. The molecule has 28 heavy (non-hydrogen) atoms. The zero-order chi connectivity index (χ0) is 19.9. The molecule has 0 spiro atoms. The van der Waals surface area contributed by atoms with Gasteiger partial charge in [0.1, 0.15) is 12.1 Å². The van der Waals surface area contributed by atoms with Gasteiger partial charge in [0.2, 0.25) is 0 Å². The van der Waals surface area contributed by atoms with Gasteiger partial charge in [-0.05, 0) is 48.9 Å². The van der Waals surface area contributed by atoms with E-state index in [9.17, 15) is 22.4 Å². The molecule has 2 aromatic carbocycles. The minimum atomic E-state index is -3.09.